The lowest BCUT2D eigenvalue weighted by Gasteiger charge is -2.15. The molecule has 0 aromatic carbocycles. The van der Waals surface area contributed by atoms with Crippen molar-refractivity contribution in [3.05, 3.63) is 6.33 Å². The van der Waals surface area contributed by atoms with E-state index in [1.165, 1.54) is 12.8 Å². The Morgan fingerprint density at radius 3 is 3.04 bits per heavy atom. The number of imidazole rings is 1. The van der Waals surface area contributed by atoms with E-state index in [2.05, 4.69) is 30.6 Å². The van der Waals surface area contributed by atoms with Crippen LogP contribution in [0.4, 0.5) is 11.8 Å². The van der Waals surface area contributed by atoms with Crippen LogP contribution in [0.15, 0.2) is 6.33 Å². The molecule has 8 nitrogen and oxygen atoms in total. The van der Waals surface area contributed by atoms with Crippen molar-refractivity contribution in [2.75, 3.05) is 30.3 Å². The number of fused-ring (bicyclic) bond motifs is 1. The maximum atomic E-state index is 11.6. The Kier molecular flexibility index (Phi) is 3.72. The van der Waals surface area contributed by atoms with Crippen LogP contribution in [0.2, 0.25) is 0 Å². The highest BCUT2D eigenvalue weighted by Gasteiger charge is 2.23. The Labute approximate surface area is 134 Å². The number of carbonyl (C=O) groups is 1. The standard InChI is InChI=1S/C15H21N7O/c23-11-3-1-7-22(11)8-2-6-16-15-20-13-12(17-9-18-13)14(21-15)19-10-4-5-10/h9-10H,1-8H2,(H3,16,17,18,19,20,21). The first kappa shape index (κ1) is 14.2. The summed E-state index contributed by atoms with van der Waals surface area (Å²) in [6.45, 7) is 2.43. The molecule has 1 saturated carbocycles. The molecule has 0 radical (unpaired) electrons. The van der Waals surface area contributed by atoms with E-state index in [9.17, 15) is 4.79 Å². The number of aromatic amines is 1. The van der Waals surface area contributed by atoms with Crippen LogP contribution < -0.4 is 10.6 Å². The third-order valence-electron chi connectivity index (χ3n) is 4.26. The number of carbonyl (C=O) groups excluding carboxylic acids is 1. The maximum absolute atomic E-state index is 11.6. The zero-order chi connectivity index (χ0) is 15.6. The van der Waals surface area contributed by atoms with Gasteiger partial charge in [0.2, 0.25) is 11.9 Å². The second kappa shape index (κ2) is 6.02. The summed E-state index contributed by atoms with van der Waals surface area (Å²) in [7, 11) is 0. The molecule has 1 saturated heterocycles. The van der Waals surface area contributed by atoms with Crippen LogP contribution in [0, 0.1) is 0 Å². The van der Waals surface area contributed by atoms with E-state index in [0.29, 0.717) is 24.1 Å². The summed E-state index contributed by atoms with van der Waals surface area (Å²) in [6.07, 6.45) is 6.59. The van der Waals surface area contributed by atoms with Crippen molar-refractivity contribution in [1.82, 2.24) is 24.8 Å². The van der Waals surface area contributed by atoms with Gasteiger partial charge in [0.1, 0.15) is 5.52 Å². The number of H-pyrrole nitrogens is 1. The van der Waals surface area contributed by atoms with Crippen LogP contribution in [-0.2, 0) is 4.79 Å². The average molecular weight is 315 g/mol. The molecule has 4 rings (SSSR count). The van der Waals surface area contributed by atoms with Crippen LogP contribution in [-0.4, -0.2) is 56.4 Å². The predicted molar refractivity (Wildman–Crippen MR) is 87.2 cm³/mol. The molecule has 2 aliphatic rings. The van der Waals surface area contributed by atoms with Gasteiger partial charge in [-0.1, -0.05) is 0 Å². The first-order chi connectivity index (χ1) is 11.3. The topological polar surface area (TPSA) is 98.8 Å². The second-order valence-corrected chi connectivity index (χ2v) is 6.18. The highest BCUT2D eigenvalue weighted by Crippen LogP contribution is 2.27. The first-order valence-corrected chi connectivity index (χ1v) is 8.29. The van der Waals surface area contributed by atoms with Crippen molar-refractivity contribution in [1.29, 1.82) is 0 Å². The summed E-state index contributed by atoms with van der Waals surface area (Å²) in [6, 6.07) is 0.519. The predicted octanol–water partition coefficient (Wildman–Crippen LogP) is 1.35. The molecule has 0 atom stereocenters. The van der Waals surface area contributed by atoms with E-state index < -0.39 is 0 Å². The lowest BCUT2D eigenvalue weighted by atomic mass is 10.4. The number of nitrogens with zero attached hydrogens (tertiary/aromatic N) is 4. The molecule has 1 aliphatic carbocycles. The number of hydrogen-bond donors (Lipinski definition) is 3. The van der Waals surface area contributed by atoms with Crippen LogP contribution in [0.1, 0.15) is 32.1 Å². The van der Waals surface area contributed by atoms with Crippen molar-refractivity contribution < 1.29 is 4.79 Å². The third-order valence-corrected chi connectivity index (χ3v) is 4.26. The smallest absolute Gasteiger partial charge is 0.226 e. The van der Waals surface area contributed by atoms with Crippen molar-refractivity contribution in [3.8, 4) is 0 Å². The van der Waals surface area contributed by atoms with Crippen molar-refractivity contribution in [2.45, 2.75) is 38.1 Å². The zero-order valence-electron chi connectivity index (χ0n) is 13.0. The van der Waals surface area contributed by atoms with Gasteiger partial charge in [0.15, 0.2) is 11.5 Å². The summed E-state index contributed by atoms with van der Waals surface area (Å²) in [4.78, 5) is 29.8. The highest BCUT2D eigenvalue weighted by molar-refractivity contribution is 5.84. The number of nitrogens with one attached hydrogen (secondary N) is 3. The molecule has 0 spiro atoms. The van der Waals surface area contributed by atoms with Gasteiger partial charge < -0.3 is 20.5 Å². The molecule has 8 heteroatoms. The number of likely N-dealkylation sites (tertiary alicyclic amines) is 1. The third kappa shape index (κ3) is 3.20. The Morgan fingerprint density at radius 1 is 1.35 bits per heavy atom. The van der Waals surface area contributed by atoms with Crippen LogP contribution in [0.5, 0.6) is 0 Å². The number of anilines is 2. The number of rotatable bonds is 7. The van der Waals surface area contributed by atoms with Gasteiger partial charge in [-0.25, -0.2) is 4.98 Å². The van der Waals surface area contributed by atoms with Gasteiger partial charge >= 0.3 is 0 Å². The van der Waals surface area contributed by atoms with Crippen LogP contribution >= 0.6 is 0 Å². The minimum Gasteiger partial charge on any atom is -0.365 e. The van der Waals surface area contributed by atoms with Crippen molar-refractivity contribution in [3.63, 3.8) is 0 Å². The number of aromatic nitrogens is 4. The lowest BCUT2D eigenvalue weighted by Crippen LogP contribution is -2.27. The molecule has 3 heterocycles. The molecule has 2 aromatic heterocycles. The molecule has 2 fully saturated rings. The number of amides is 1. The molecule has 1 aliphatic heterocycles. The van der Waals surface area contributed by atoms with Gasteiger partial charge in [-0.2, -0.15) is 9.97 Å². The van der Waals surface area contributed by atoms with Crippen LogP contribution in [0.3, 0.4) is 0 Å². The van der Waals surface area contributed by atoms with Gasteiger partial charge in [0.25, 0.3) is 0 Å². The van der Waals surface area contributed by atoms with E-state index in [1.54, 1.807) is 6.33 Å². The fourth-order valence-corrected chi connectivity index (χ4v) is 2.85. The first-order valence-electron chi connectivity index (χ1n) is 8.29. The fraction of sp³-hybridized carbons (Fsp3) is 0.600. The molecule has 3 N–H and O–H groups in total. The summed E-state index contributed by atoms with van der Waals surface area (Å²) in [5, 5.41) is 6.66. The molecular weight excluding hydrogens is 294 g/mol. The minimum absolute atomic E-state index is 0.273. The Hall–Kier alpha value is -2.38. The Balaban J connectivity index is 1.37. The summed E-state index contributed by atoms with van der Waals surface area (Å²) < 4.78 is 0. The van der Waals surface area contributed by atoms with Crippen molar-refractivity contribution in [2.24, 2.45) is 0 Å². The second-order valence-electron chi connectivity index (χ2n) is 6.18. The van der Waals surface area contributed by atoms with E-state index in [1.807, 2.05) is 4.90 Å². The van der Waals surface area contributed by atoms with Gasteiger partial charge in [0, 0.05) is 32.1 Å². The van der Waals surface area contributed by atoms with Crippen molar-refractivity contribution >= 4 is 28.8 Å². The van der Waals surface area contributed by atoms with Gasteiger partial charge in [0.05, 0.1) is 6.33 Å². The van der Waals surface area contributed by atoms with E-state index in [-0.39, 0.29) is 5.91 Å². The number of hydrogen-bond acceptors (Lipinski definition) is 6. The Morgan fingerprint density at radius 2 is 2.26 bits per heavy atom. The molecular formula is C15H21N7O. The summed E-state index contributed by atoms with van der Waals surface area (Å²) >= 11 is 0. The van der Waals surface area contributed by atoms with E-state index in [4.69, 9.17) is 0 Å². The minimum atomic E-state index is 0.273. The van der Waals surface area contributed by atoms with E-state index >= 15 is 0 Å². The highest BCUT2D eigenvalue weighted by atomic mass is 16.2. The van der Waals surface area contributed by atoms with Gasteiger partial charge in [-0.3, -0.25) is 4.79 Å². The Bertz CT molecular complexity index is 709. The fourth-order valence-electron chi connectivity index (χ4n) is 2.85. The molecule has 2 aromatic rings. The summed E-state index contributed by atoms with van der Waals surface area (Å²) in [5.41, 5.74) is 1.52. The van der Waals surface area contributed by atoms with Crippen LogP contribution in [0.25, 0.3) is 11.2 Å². The normalized spacial score (nSPS) is 17.9. The lowest BCUT2D eigenvalue weighted by molar-refractivity contribution is -0.127. The molecule has 23 heavy (non-hydrogen) atoms. The van der Waals surface area contributed by atoms with Gasteiger partial charge in [-0.05, 0) is 25.7 Å². The quantitative estimate of drug-likeness (QED) is 0.667. The maximum Gasteiger partial charge on any atom is 0.226 e. The van der Waals surface area contributed by atoms with Gasteiger partial charge in [-0.15, -0.1) is 0 Å². The summed E-state index contributed by atoms with van der Waals surface area (Å²) in [5.74, 6) is 1.67. The van der Waals surface area contributed by atoms with E-state index in [0.717, 1.165) is 43.8 Å². The SMILES string of the molecule is O=C1CCCN1CCCNc1nc(NC2CC2)c2[nH]cnc2n1. The monoisotopic (exact) mass is 315 g/mol. The molecule has 122 valence electrons. The molecule has 0 unspecified atom stereocenters. The zero-order valence-corrected chi connectivity index (χ0v) is 13.0. The molecule has 1 amide bonds. The average Bonchev–Trinajstić information content (AvgIpc) is 3.06. The molecule has 0 bridgehead atoms. The largest absolute Gasteiger partial charge is 0.365 e.